The number of hydrogen-bond acceptors (Lipinski definition) is 2. The molecule has 0 spiro atoms. The van der Waals surface area contributed by atoms with Crippen LogP contribution in [-0.4, -0.2) is 6.54 Å². The summed E-state index contributed by atoms with van der Waals surface area (Å²) in [5.41, 5.74) is 2.51. The summed E-state index contributed by atoms with van der Waals surface area (Å²) in [6.07, 6.45) is 3.65. The van der Waals surface area contributed by atoms with Crippen molar-refractivity contribution < 1.29 is 16.8 Å². The number of rotatable bonds is 7. The highest BCUT2D eigenvalue weighted by atomic mass is 35.5. The van der Waals surface area contributed by atoms with Gasteiger partial charge < -0.3 is 22.1 Å². The van der Waals surface area contributed by atoms with E-state index in [2.05, 4.69) is 43.1 Å². The third-order valence-corrected chi connectivity index (χ3v) is 3.09. The van der Waals surface area contributed by atoms with Gasteiger partial charge in [0.05, 0.1) is 12.3 Å². The van der Waals surface area contributed by atoms with Crippen molar-refractivity contribution in [1.29, 1.82) is 0 Å². The van der Waals surface area contributed by atoms with E-state index in [1.165, 1.54) is 5.56 Å². The number of halogens is 1. The van der Waals surface area contributed by atoms with Crippen LogP contribution in [0.15, 0.2) is 65.3 Å². The van der Waals surface area contributed by atoms with Crippen LogP contribution in [0.3, 0.4) is 0 Å². The molecule has 1 aromatic carbocycles. The summed E-state index contributed by atoms with van der Waals surface area (Å²) in [7, 11) is 0. The van der Waals surface area contributed by atoms with Crippen molar-refractivity contribution in [3.8, 4) is 0 Å². The predicted molar refractivity (Wildman–Crippen MR) is 79.0 cm³/mol. The van der Waals surface area contributed by atoms with Gasteiger partial charge in [-0.2, -0.15) is 0 Å². The molecule has 1 unspecified atom stereocenters. The summed E-state index contributed by atoms with van der Waals surface area (Å²) in [5, 5.41) is 3.55. The highest BCUT2D eigenvalue weighted by Crippen LogP contribution is 2.20. The number of furan rings is 1. The summed E-state index contributed by atoms with van der Waals surface area (Å²) in [5.74, 6) is 0.982. The molecule has 1 aromatic heterocycles. The first-order chi connectivity index (χ1) is 9.25. The van der Waals surface area contributed by atoms with Gasteiger partial charge in [0.15, 0.2) is 0 Å². The highest BCUT2D eigenvalue weighted by Gasteiger charge is 2.13. The first kappa shape index (κ1) is 16.5. The van der Waals surface area contributed by atoms with E-state index in [1.807, 2.05) is 18.2 Å². The average Bonchev–Trinajstić information content (AvgIpc) is 2.92. The molecule has 0 aliphatic rings. The quantitative estimate of drug-likeness (QED) is 0.773. The maximum Gasteiger partial charge on any atom is 0.120 e. The Morgan fingerprint density at radius 3 is 2.55 bits per heavy atom. The van der Waals surface area contributed by atoms with Gasteiger partial charge in [-0.1, -0.05) is 35.9 Å². The monoisotopic (exact) mass is 290 g/mol. The smallest absolute Gasteiger partial charge is 0.120 e. The van der Waals surface area contributed by atoms with E-state index >= 15 is 0 Å². The Morgan fingerprint density at radius 1 is 1.20 bits per heavy atom. The molecule has 2 nitrogen and oxygen atoms in total. The Balaban J connectivity index is 0.00000200. The molecule has 0 saturated heterocycles. The topological polar surface area (TPSA) is 25.2 Å². The van der Waals surface area contributed by atoms with E-state index in [4.69, 9.17) is 4.42 Å². The molecule has 108 valence electrons. The standard InChI is InChI=1S/C17H21NO.ClH/c1-14(2)13-16(17-9-6-12-19-17)18-11-10-15-7-4-3-5-8-15;/h3-9,12,16,18H,1,10-11,13H2,2H3;1H/p-1. The predicted octanol–water partition coefficient (Wildman–Crippen LogP) is 1.12. The Hall–Kier alpha value is -1.51. The fourth-order valence-electron chi connectivity index (χ4n) is 2.15. The summed E-state index contributed by atoms with van der Waals surface area (Å²) in [6.45, 7) is 6.97. The van der Waals surface area contributed by atoms with Gasteiger partial charge in [-0.15, -0.1) is 6.58 Å². The van der Waals surface area contributed by atoms with Gasteiger partial charge in [0.1, 0.15) is 5.76 Å². The fraction of sp³-hybridized carbons (Fsp3) is 0.294. The van der Waals surface area contributed by atoms with Crippen molar-refractivity contribution in [1.82, 2.24) is 5.32 Å². The van der Waals surface area contributed by atoms with Gasteiger partial charge in [-0.25, -0.2) is 0 Å². The maximum absolute atomic E-state index is 5.50. The van der Waals surface area contributed by atoms with Crippen LogP contribution >= 0.6 is 0 Å². The lowest BCUT2D eigenvalue weighted by atomic mass is 10.1. The Bertz CT molecular complexity index is 493. The molecule has 2 rings (SSSR count). The van der Waals surface area contributed by atoms with Crippen molar-refractivity contribution in [2.24, 2.45) is 0 Å². The van der Waals surface area contributed by atoms with Crippen LogP contribution < -0.4 is 17.7 Å². The van der Waals surface area contributed by atoms with E-state index < -0.39 is 0 Å². The van der Waals surface area contributed by atoms with Crippen molar-refractivity contribution >= 4 is 0 Å². The molecule has 1 atom stereocenters. The summed E-state index contributed by atoms with van der Waals surface area (Å²) in [6, 6.07) is 14.7. The maximum atomic E-state index is 5.50. The lowest BCUT2D eigenvalue weighted by Gasteiger charge is -2.16. The van der Waals surface area contributed by atoms with Crippen molar-refractivity contribution in [3.63, 3.8) is 0 Å². The fourth-order valence-corrected chi connectivity index (χ4v) is 2.15. The lowest BCUT2D eigenvalue weighted by Crippen LogP contribution is -3.00. The van der Waals surface area contributed by atoms with E-state index in [-0.39, 0.29) is 18.4 Å². The molecular weight excluding hydrogens is 270 g/mol. The molecule has 1 heterocycles. The molecule has 0 aliphatic carbocycles. The van der Waals surface area contributed by atoms with Gasteiger partial charge >= 0.3 is 0 Å². The minimum absolute atomic E-state index is 0. The Kier molecular flexibility index (Phi) is 7.13. The van der Waals surface area contributed by atoms with Gasteiger partial charge in [0, 0.05) is 0 Å². The molecular formula is C17H21ClNO-. The number of hydrogen-bond donors (Lipinski definition) is 1. The summed E-state index contributed by atoms with van der Waals surface area (Å²) >= 11 is 0. The third-order valence-electron chi connectivity index (χ3n) is 3.09. The normalized spacial score (nSPS) is 11.7. The second kappa shape index (κ2) is 8.62. The SMILES string of the molecule is C=C(C)CC(NCCc1ccccc1)c1ccco1.[Cl-]. The average molecular weight is 291 g/mol. The van der Waals surface area contributed by atoms with E-state index in [9.17, 15) is 0 Å². The van der Waals surface area contributed by atoms with Crippen LogP contribution in [0.5, 0.6) is 0 Å². The molecule has 0 saturated carbocycles. The molecule has 1 N–H and O–H groups in total. The van der Waals surface area contributed by atoms with Gasteiger partial charge in [0.25, 0.3) is 0 Å². The molecule has 20 heavy (non-hydrogen) atoms. The largest absolute Gasteiger partial charge is 1.00 e. The van der Waals surface area contributed by atoms with Gasteiger partial charge in [-0.3, -0.25) is 0 Å². The molecule has 2 aromatic rings. The van der Waals surface area contributed by atoms with Crippen molar-refractivity contribution in [2.75, 3.05) is 6.54 Å². The van der Waals surface area contributed by atoms with Crippen LogP contribution in [0.4, 0.5) is 0 Å². The number of benzene rings is 1. The van der Waals surface area contributed by atoms with E-state index in [1.54, 1.807) is 6.26 Å². The Labute approximate surface area is 127 Å². The van der Waals surface area contributed by atoms with Crippen molar-refractivity contribution in [3.05, 3.63) is 72.2 Å². The third kappa shape index (κ3) is 5.24. The zero-order valence-corrected chi connectivity index (χ0v) is 12.6. The van der Waals surface area contributed by atoms with Gasteiger partial charge in [-0.05, 0) is 44.0 Å². The Morgan fingerprint density at radius 2 is 1.95 bits per heavy atom. The van der Waals surface area contributed by atoms with Crippen molar-refractivity contribution in [2.45, 2.75) is 25.8 Å². The second-order valence-corrected chi connectivity index (χ2v) is 4.92. The minimum Gasteiger partial charge on any atom is -1.00 e. The first-order valence-electron chi connectivity index (χ1n) is 6.71. The second-order valence-electron chi connectivity index (χ2n) is 4.92. The van der Waals surface area contributed by atoms with Crippen LogP contribution in [0.2, 0.25) is 0 Å². The number of nitrogens with one attached hydrogen (secondary N) is 1. The first-order valence-corrected chi connectivity index (χ1v) is 6.71. The summed E-state index contributed by atoms with van der Waals surface area (Å²) in [4.78, 5) is 0. The molecule has 0 radical (unpaired) electrons. The highest BCUT2D eigenvalue weighted by molar-refractivity contribution is 5.15. The van der Waals surface area contributed by atoms with Crippen LogP contribution in [0.25, 0.3) is 0 Å². The molecule has 0 fully saturated rings. The lowest BCUT2D eigenvalue weighted by molar-refractivity contribution is -0.00000447. The minimum atomic E-state index is 0. The van der Waals surface area contributed by atoms with Gasteiger partial charge in [0.2, 0.25) is 0 Å². The zero-order chi connectivity index (χ0) is 13.5. The van der Waals surface area contributed by atoms with E-state index in [0.29, 0.717) is 0 Å². The van der Waals surface area contributed by atoms with Crippen LogP contribution in [0.1, 0.15) is 30.7 Å². The molecule has 0 bridgehead atoms. The zero-order valence-electron chi connectivity index (χ0n) is 11.8. The summed E-state index contributed by atoms with van der Waals surface area (Å²) < 4.78 is 5.50. The van der Waals surface area contributed by atoms with Crippen LogP contribution in [-0.2, 0) is 6.42 Å². The molecule has 0 aliphatic heterocycles. The molecule has 0 amide bonds. The van der Waals surface area contributed by atoms with E-state index in [0.717, 1.165) is 30.7 Å². The molecule has 3 heteroatoms. The van der Waals surface area contributed by atoms with Crippen LogP contribution in [0, 0.1) is 0 Å².